The molecule has 0 spiro atoms. The summed E-state index contributed by atoms with van der Waals surface area (Å²) in [6.45, 7) is 9.02. The van der Waals surface area contributed by atoms with E-state index in [1.54, 1.807) is 0 Å². The molecule has 0 heterocycles. The van der Waals surface area contributed by atoms with Crippen molar-refractivity contribution in [1.82, 2.24) is 0 Å². The number of hydrogen-bond donors (Lipinski definition) is 0. The molecule has 0 N–H and O–H groups in total. The maximum atomic E-state index is 10.2. The van der Waals surface area contributed by atoms with Crippen molar-refractivity contribution in [3.8, 4) is 0 Å². The van der Waals surface area contributed by atoms with Crippen LogP contribution in [0.1, 0.15) is 400 Å². The summed E-state index contributed by atoms with van der Waals surface area (Å²) in [7, 11) is 0. The van der Waals surface area contributed by atoms with E-state index in [1.807, 2.05) is 0 Å². The quantitative estimate of drug-likeness (QED) is 0.0430. The topological polar surface area (TPSA) is 161 Å². The Hall–Kier alpha value is 0.893. The second-order valence-corrected chi connectivity index (χ2v) is 22.2. The van der Waals surface area contributed by atoms with Gasteiger partial charge in [0.15, 0.2) is 0 Å². The van der Waals surface area contributed by atoms with Gasteiger partial charge in [-0.25, -0.2) is 0 Å². The van der Waals surface area contributed by atoms with Crippen molar-refractivity contribution in [1.29, 1.82) is 0 Å². The molecule has 0 aromatic heterocycles. The molecule has 79 heavy (non-hydrogen) atoms. The molecule has 0 aromatic rings. The monoisotopic (exact) mass is 1360 g/mol. The van der Waals surface area contributed by atoms with Gasteiger partial charge in [-0.3, -0.25) is 0 Å². The molecule has 0 bridgehead atoms. The fraction of sp³-hybridized carbons (Fsp3) is 0.939. The first kappa shape index (κ1) is 98.9. The Labute approximate surface area is 553 Å². The number of hydrogen-bond acceptors (Lipinski definition) is 8. The van der Waals surface area contributed by atoms with E-state index in [9.17, 15) is 39.6 Å². The normalized spacial score (nSPS) is 10.1. The zero-order valence-corrected chi connectivity index (χ0v) is 66.4. The van der Waals surface area contributed by atoms with E-state index in [1.165, 1.54) is 295 Å². The average molecular weight is 1370 g/mol. The summed E-state index contributed by atoms with van der Waals surface area (Å²) >= 11 is 0. The summed E-state index contributed by atoms with van der Waals surface area (Å²) in [5.41, 5.74) is 0. The minimum absolute atomic E-state index is 0. The van der Waals surface area contributed by atoms with Crippen LogP contribution in [0.5, 0.6) is 0 Å². The van der Waals surface area contributed by atoms with Crippen molar-refractivity contribution in [3.05, 3.63) is 0 Å². The Morgan fingerprint density at radius 2 is 0.253 bits per heavy atom. The van der Waals surface area contributed by atoms with Crippen molar-refractivity contribution in [2.24, 2.45) is 0 Å². The summed E-state index contributed by atoms with van der Waals surface area (Å²) in [6.07, 6.45) is 70.7. The van der Waals surface area contributed by atoms with Crippen LogP contribution in [-0.2, 0) is 114 Å². The maximum absolute atomic E-state index is 10.2. The number of carbonyl (C=O) groups excluding carboxylic acids is 4. The molecule has 0 unspecified atom stereocenters. The van der Waals surface area contributed by atoms with E-state index >= 15 is 0 Å². The SMILES string of the molecule is CCCCCCCCCCCC(=O)[O-].CCCCCCCCCCCCCCCCCC(=O)[O-].CCCCCCCCCCCCCCCCCC(=O)[O-].CCCCCCCCCCCCCCCCCC(=O)[O-].[Fe+2].[Zn+2].[Zn+2].[Zn+2].[Zn+2]. The molecule has 0 atom stereocenters. The summed E-state index contributed by atoms with van der Waals surface area (Å²) in [5.74, 6) is -3.62. The Balaban J connectivity index is -0.000000117. The van der Waals surface area contributed by atoms with Crippen molar-refractivity contribution < 1.29 is 135 Å². The van der Waals surface area contributed by atoms with Crippen LogP contribution in [0.15, 0.2) is 0 Å². The largest absolute Gasteiger partial charge is 2.00 e. The zero-order chi connectivity index (χ0) is 55.3. The van der Waals surface area contributed by atoms with Gasteiger partial charge in [-0.1, -0.05) is 349 Å². The third kappa shape index (κ3) is 118. The first-order valence-electron chi connectivity index (χ1n) is 32.9. The molecule has 0 amide bonds. The summed E-state index contributed by atoms with van der Waals surface area (Å²) in [6, 6.07) is 0. The van der Waals surface area contributed by atoms with Crippen molar-refractivity contribution in [2.45, 2.75) is 400 Å². The summed E-state index contributed by atoms with van der Waals surface area (Å²) < 4.78 is 0. The minimum atomic E-state index is -0.909. The van der Waals surface area contributed by atoms with Crippen LogP contribution in [0.3, 0.4) is 0 Å². The van der Waals surface area contributed by atoms with Gasteiger partial charge < -0.3 is 39.6 Å². The second kappa shape index (κ2) is 95.2. The van der Waals surface area contributed by atoms with Gasteiger partial charge in [-0.05, 0) is 51.4 Å². The number of aliphatic carboxylic acids is 4. The Bertz CT molecular complexity index is 989. The maximum Gasteiger partial charge on any atom is 2.00 e. The van der Waals surface area contributed by atoms with Gasteiger partial charge in [0.05, 0.1) is 0 Å². The van der Waals surface area contributed by atoms with Gasteiger partial charge in [0.25, 0.3) is 0 Å². The van der Waals surface area contributed by atoms with Crippen LogP contribution in [0, 0.1) is 0 Å². The Morgan fingerprint density at radius 3 is 0.329 bits per heavy atom. The Kier molecular flexibility index (Phi) is 119. The van der Waals surface area contributed by atoms with Gasteiger partial charge in [0.2, 0.25) is 0 Å². The molecule has 0 aliphatic carbocycles. The molecule has 0 radical (unpaired) electrons. The average Bonchev–Trinajstić information content (AvgIpc) is 3.37. The first-order valence-corrected chi connectivity index (χ1v) is 32.9. The number of carbonyl (C=O) groups is 4. The van der Waals surface area contributed by atoms with E-state index < -0.39 is 23.9 Å². The smallest absolute Gasteiger partial charge is 0.550 e. The summed E-state index contributed by atoms with van der Waals surface area (Å²) in [5, 5.41) is 40.8. The molecule has 13 heteroatoms. The van der Waals surface area contributed by atoms with Crippen LogP contribution < -0.4 is 20.4 Å². The van der Waals surface area contributed by atoms with Crippen LogP contribution in [0.2, 0.25) is 0 Å². The molecule has 0 aliphatic rings. The van der Waals surface area contributed by atoms with E-state index in [4.69, 9.17) is 0 Å². The molecule has 0 aromatic carbocycles. The molecule has 8 nitrogen and oxygen atoms in total. The van der Waals surface area contributed by atoms with E-state index in [0.29, 0.717) is 0 Å². The Morgan fingerprint density at radius 1 is 0.177 bits per heavy atom. The zero-order valence-electron chi connectivity index (χ0n) is 53.5. The van der Waals surface area contributed by atoms with Crippen molar-refractivity contribution in [3.63, 3.8) is 0 Å². The van der Waals surface area contributed by atoms with Gasteiger partial charge >= 0.3 is 95.0 Å². The molecule has 0 saturated heterocycles. The fourth-order valence-corrected chi connectivity index (χ4v) is 9.50. The van der Waals surface area contributed by atoms with Gasteiger partial charge in [-0.15, -0.1) is 0 Å². The van der Waals surface area contributed by atoms with Crippen molar-refractivity contribution in [2.75, 3.05) is 0 Å². The van der Waals surface area contributed by atoms with Gasteiger partial charge in [0, 0.05) is 23.9 Å². The molecule has 450 valence electrons. The molecule has 0 fully saturated rings. The van der Waals surface area contributed by atoms with Crippen molar-refractivity contribution >= 4 is 23.9 Å². The molecule has 0 saturated carbocycles. The molecular formula is C66H128FeO8Zn4+6. The number of carboxylic acids is 4. The van der Waals surface area contributed by atoms with Gasteiger partial charge in [-0.2, -0.15) is 0 Å². The molecule has 0 aliphatic heterocycles. The third-order valence-electron chi connectivity index (χ3n) is 14.4. The second-order valence-electron chi connectivity index (χ2n) is 22.2. The first-order chi connectivity index (χ1) is 36.1. The number of unbranched alkanes of at least 4 members (excludes halogenated alkanes) is 50. The summed E-state index contributed by atoms with van der Waals surface area (Å²) in [4.78, 5) is 40.8. The van der Waals surface area contributed by atoms with Gasteiger partial charge in [0.1, 0.15) is 0 Å². The van der Waals surface area contributed by atoms with Crippen LogP contribution in [-0.4, -0.2) is 23.9 Å². The predicted octanol–water partition coefficient (Wildman–Crippen LogP) is 17.6. The van der Waals surface area contributed by atoms with Crippen LogP contribution in [0.25, 0.3) is 0 Å². The standard InChI is InChI=1S/3C18H36O2.C12H24O2.Fe.4Zn/c3*1-2-3-4-5-6-7-8-9-10-11-12-13-14-15-16-17-18(19)20;1-2-3-4-5-6-7-8-9-10-11-12(13)14;;;;;/h3*2-17H2,1H3,(H,19,20);2-11H2,1H3,(H,13,14);;;;;/q;;;;5*+2/p-4. The molecule has 0 rings (SSSR count). The minimum Gasteiger partial charge on any atom is -0.550 e. The predicted molar refractivity (Wildman–Crippen MR) is 311 cm³/mol. The van der Waals surface area contributed by atoms with Crippen LogP contribution >= 0.6 is 0 Å². The van der Waals surface area contributed by atoms with E-state index in [2.05, 4.69) is 27.7 Å². The van der Waals surface area contributed by atoms with Crippen LogP contribution in [0.4, 0.5) is 0 Å². The third-order valence-corrected chi connectivity index (χ3v) is 14.4. The number of rotatable bonds is 58. The van der Waals surface area contributed by atoms with E-state index in [0.717, 1.165) is 51.4 Å². The molecular weight excluding hydrogens is 1240 g/mol. The fourth-order valence-electron chi connectivity index (χ4n) is 9.50. The van der Waals surface area contributed by atoms with E-state index in [-0.39, 0.29) is 121 Å². The number of carboxylic acid groups (broad SMARTS) is 4.